The van der Waals surface area contributed by atoms with Gasteiger partial charge in [-0.25, -0.2) is 0 Å². The van der Waals surface area contributed by atoms with Crippen molar-refractivity contribution >= 4 is 5.91 Å². The van der Waals surface area contributed by atoms with E-state index in [-0.39, 0.29) is 11.8 Å². The van der Waals surface area contributed by atoms with Crippen LogP contribution >= 0.6 is 0 Å². The monoisotopic (exact) mass is 327 g/mol. The summed E-state index contributed by atoms with van der Waals surface area (Å²) >= 11 is 0. The zero-order chi connectivity index (χ0) is 16.4. The number of hydrogen-bond acceptors (Lipinski definition) is 5. The van der Waals surface area contributed by atoms with Gasteiger partial charge in [0.15, 0.2) is 5.82 Å². The number of rotatable bonds is 2. The number of carbonyl (C=O) groups excluding carboxylic acids is 1. The molecule has 0 aliphatic carbocycles. The molecule has 1 amide bonds. The van der Waals surface area contributed by atoms with Crippen molar-refractivity contribution in [2.24, 2.45) is 5.92 Å². The van der Waals surface area contributed by atoms with Gasteiger partial charge in [0.25, 0.3) is 0 Å². The predicted molar refractivity (Wildman–Crippen MR) is 86.6 cm³/mol. The summed E-state index contributed by atoms with van der Waals surface area (Å²) in [6, 6.07) is 8.02. The van der Waals surface area contributed by atoms with Gasteiger partial charge in [-0.15, -0.1) is 0 Å². The summed E-state index contributed by atoms with van der Waals surface area (Å²) in [7, 11) is 0. The van der Waals surface area contributed by atoms with E-state index >= 15 is 0 Å². The molecule has 1 aromatic heterocycles. The molecule has 24 heavy (non-hydrogen) atoms. The highest BCUT2D eigenvalue weighted by molar-refractivity contribution is 5.79. The van der Waals surface area contributed by atoms with Gasteiger partial charge in [-0.05, 0) is 37.3 Å². The number of fused-ring (bicyclic) bond motifs is 1. The molecular weight excluding hydrogens is 306 g/mol. The highest BCUT2D eigenvalue weighted by atomic mass is 16.5. The quantitative estimate of drug-likeness (QED) is 0.847. The first-order valence-corrected chi connectivity index (χ1v) is 8.57. The van der Waals surface area contributed by atoms with Crippen LogP contribution in [-0.4, -0.2) is 40.6 Å². The second-order valence-electron chi connectivity index (χ2n) is 6.53. The highest BCUT2D eigenvalue weighted by Gasteiger charge is 2.31. The van der Waals surface area contributed by atoms with Crippen LogP contribution in [0.2, 0.25) is 0 Å². The number of likely N-dealkylation sites (tertiary alicyclic amines) is 1. The standard InChI is InChI=1S/C18H21N3O3/c22-18(15-7-10-23-16-4-2-1-3-14(16)11-15)21-8-5-13(6-9-21)17-19-12-24-20-17/h1-4,12-13,15H,5-11H2. The van der Waals surface area contributed by atoms with Crippen molar-refractivity contribution in [1.29, 1.82) is 0 Å². The third-order valence-corrected chi connectivity index (χ3v) is 5.06. The van der Waals surface area contributed by atoms with Crippen LogP contribution in [0.25, 0.3) is 0 Å². The number of para-hydroxylation sites is 1. The van der Waals surface area contributed by atoms with Crippen molar-refractivity contribution in [1.82, 2.24) is 15.0 Å². The highest BCUT2D eigenvalue weighted by Crippen LogP contribution is 2.30. The number of aromatic nitrogens is 2. The molecule has 1 atom stereocenters. The molecule has 1 unspecified atom stereocenters. The third-order valence-electron chi connectivity index (χ3n) is 5.06. The Bertz CT molecular complexity index is 693. The summed E-state index contributed by atoms with van der Waals surface area (Å²) in [5.74, 6) is 2.24. The molecule has 2 aromatic rings. The summed E-state index contributed by atoms with van der Waals surface area (Å²) in [5, 5.41) is 3.93. The van der Waals surface area contributed by atoms with Crippen LogP contribution in [0.3, 0.4) is 0 Å². The number of amides is 1. The molecule has 1 aromatic carbocycles. The molecule has 4 rings (SSSR count). The van der Waals surface area contributed by atoms with E-state index in [1.54, 1.807) is 0 Å². The first-order valence-electron chi connectivity index (χ1n) is 8.57. The molecule has 2 aliphatic heterocycles. The lowest BCUT2D eigenvalue weighted by Gasteiger charge is -2.33. The first kappa shape index (κ1) is 15.2. The Morgan fingerprint density at radius 1 is 1.17 bits per heavy atom. The molecule has 6 nitrogen and oxygen atoms in total. The summed E-state index contributed by atoms with van der Waals surface area (Å²) < 4.78 is 10.6. The lowest BCUT2D eigenvalue weighted by molar-refractivity contribution is -0.137. The van der Waals surface area contributed by atoms with E-state index in [1.807, 2.05) is 23.1 Å². The lowest BCUT2D eigenvalue weighted by atomic mass is 9.92. The van der Waals surface area contributed by atoms with Crippen LogP contribution in [0.5, 0.6) is 5.75 Å². The summed E-state index contributed by atoms with van der Waals surface area (Å²) in [4.78, 5) is 19.1. The average Bonchev–Trinajstić information content (AvgIpc) is 3.08. The minimum Gasteiger partial charge on any atom is -0.493 e. The van der Waals surface area contributed by atoms with Crippen LogP contribution in [0, 0.1) is 5.92 Å². The number of ether oxygens (including phenoxy) is 1. The Balaban J connectivity index is 1.40. The molecule has 0 bridgehead atoms. The van der Waals surface area contributed by atoms with Gasteiger partial charge < -0.3 is 14.2 Å². The fourth-order valence-electron chi connectivity index (χ4n) is 3.68. The maximum atomic E-state index is 12.9. The topological polar surface area (TPSA) is 68.5 Å². The molecule has 3 heterocycles. The van der Waals surface area contributed by atoms with Gasteiger partial charge in [0, 0.05) is 24.9 Å². The Labute approximate surface area is 140 Å². The van der Waals surface area contributed by atoms with Gasteiger partial charge in [0.2, 0.25) is 12.3 Å². The Morgan fingerprint density at radius 3 is 2.79 bits per heavy atom. The fourth-order valence-corrected chi connectivity index (χ4v) is 3.68. The van der Waals surface area contributed by atoms with Crippen molar-refractivity contribution in [3.63, 3.8) is 0 Å². The summed E-state index contributed by atoms with van der Waals surface area (Å²) in [6.45, 7) is 2.13. The maximum absolute atomic E-state index is 12.9. The Hall–Kier alpha value is -2.37. The Morgan fingerprint density at radius 2 is 2.00 bits per heavy atom. The van der Waals surface area contributed by atoms with Crippen LogP contribution in [-0.2, 0) is 11.2 Å². The van der Waals surface area contributed by atoms with Crippen LogP contribution < -0.4 is 4.74 Å². The number of carbonyl (C=O) groups is 1. The van der Waals surface area contributed by atoms with Crippen molar-refractivity contribution in [2.75, 3.05) is 19.7 Å². The molecule has 0 spiro atoms. The zero-order valence-corrected chi connectivity index (χ0v) is 13.6. The average molecular weight is 327 g/mol. The van der Waals surface area contributed by atoms with E-state index in [0.29, 0.717) is 12.5 Å². The van der Waals surface area contributed by atoms with E-state index < -0.39 is 0 Å². The SMILES string of the molecule is O=C(C1CCOc2ccccc2C1)N1CCC(c2ncon2)CC1. The van der Waals surface area contributed by atoms with E-state index in [9.17, 15) is 4.79 Å². The minimum absolute atomic E-state index is 0.00961. The summed E-state index contributed by atoms with van der Waals surface area (Å²) in [5.41, 5.74) is 1.13. The van der Waals surface area contributed by atoms with Crippen molar-refractivity contribution < 1.29 is 14.1 Å². The second-order valence-corrected chi connectivity index (χ2v) is 6.53. The lowest BCUT2D eigenvalue weighted by Crippen LogP contribution is -2.42. The van der Waals surface area contributed by atoms with Gasteiger partial charge in [-0.2, -0.15) is 4.98 Å². The van der Waals surface area contributed by atoms with E-state index in [4.69, 9.17) is 9.26 Å². The van der Waals surface area contributed by atoms with Crippen LogP contribution in [0.4, 0.5) is 0 Å². The molecule has 2 aliphatic rings. The number of hydrogen-bond donors (Lipinski definition) is 0. The van der Waals surface area contributed by atoms with Crippen molar-refractivity contribution in [3.8, 4) is 5.75 Å². The molecule has 6 heteroatoms. The number of piperidine rings is 1. The molecule has 0 saturated carbocycles. The number of benzene rings is 1. The normalized spacial score (nSPS) is 21.7. The molecule has 1 fully saturated rings. The van der Waals surface area contributed by atoms with Gasteiger partial charge in [-0.1, -0.05) is 23.4 Å². The van der Waals surface area contributed by atoms with Crippen molar-refractivity contribution in [3.05, 3.63) is 42.0 Å². The smallest absolute Gasteiger partial charge is 0.226 e. The van der Waals surface area contributed by atoms with E-state index in [0.717, 1.165) is 55.9 Å². The fraction of sp³-hybridized carbons (Fsp3) is 0.500. The van der Waals surface area contributed by atoms with Crippen LogP contribution in [0.1, 0.15) is 36.6 Å². The Kier molecular flexibility index (Phi) is 4.19. The first-order chi connectivity index (χ1) is 11.8. The van der Waals surface area contributed by atoms with Crippen molar-refractivity contribution in [2.45, 2.75) is 31.6 Å². The summed E-state index contributed by atoms with van der Waals surface area (Å²) in [6.07, 6.45) is 4.70. The number of nitrogens with zero attached hydrogens (tertiary/aromatic N) is 3. The third kappa shape index (κ3) is 3.00. The minimum atomic E-state index is 0.00961. The maximum Gasteiger partial charge on any atom is 0.226 e. The van der Waals surface area contributed by atoms with E-state index in [2.05, 4.69) is 16.2 Å². The largest absolute Gasteiger partial charge is 0.493 e. The molecule has 0 N–H and O–H groups in total. The van der Waals surface area contributed by atoms with Gasteiger partial charge in [-0.3, -0.25) is 4.79 Å². The molecule has 1 saturated heterocycles. The molecule has 0 radical (unpaired) electrons. The molecular formula is C18H21N3O3. The van der Waals surface area contributed by atoms with Gasteiger partial charge >= 0.3 is 0 Å². The second kappa shape index (κ2) is 6.63. The predicted octanol–water partition coefficient (Wildman–Crippen LogP) is 2.42. The van der Waals surface area contributed by atoms with E-state index in [1.165, 1.54) is 6.39 Å². The van der Waals surface area contributed by atoms with Crippen LogP contribution in [0.15, 0.2) is 35.2 Å². The zero-order valence-electron chi connectivity index (χ0n) is 13.6. The van der Waals surface area contributed by atoms with Gasteiger partial charge in [0.05, 0.1) is 6.61 Å². The van der Waals surface area contributed by atoms with Gasteiger partial charge in [0.1, 0.15) is 5.75 Å². The molecule has 126 valence electrons.